The number of hydrogen-bond acceptors (Lipinski definition) is 4. The van der Waals surface area contributed by atoms with Crippen LogP contribution in [-0.2, 0) is 9.31 Å². The molecule has 0 spiro atoms. The molecule has 1 fully saturated rings. The highest BCUT2D eigenvalue weighted by atomic mass is 16.7. The first-order chi connectivity index (χ1) is 7.84. The zero-order chi connectivity index (χ0) is 13.1. The van der Waals surface area contributed by atoms with E-state index in [1.54, 1.807) is 0 Å². The molecule has 98 valence electrons. The van der Waals surface area contributed by atoms with Crippen LogP contribution < -0.4 is 10.9 Å². The fourth-order valence-corrected chi connectivity index (χ4v) is 1.58. The highest BCUT2D eigenvalue weighted by Crippen LogP contribution is 2.38. The molecule has 5 heteroatoms. The fourth-order valence-electron chi connectivity index (χ4n) is 1.58. The molecular weight excluding hydrogens is 215 g/mol. The van der Waals surface area contributed by atoms with Gasteiger partial charge in [-0.2, -0.15) is 0 Å². The van der Waals surface area contributed by atoms with Gasteiger partial charge in [0.2, 0.25) is 0 Å². The van der Waals surface area contributed by atoms with Crippen LogP contribution in [0.25, 0.3) is 0 Å². The van der Waals surface area contributed by atoms with Crippen LogP contribution in [0.5, 0.6) is 0 Å². The third-order valence-electron chi connectivity index (χ3n) is 3.50. The highest BCUT2D eigenvalue weighted by Gasteiger charge is 2.52. The summed E-state index contributed by atoms with van der Waals surface area (Å²) in [6.45, 7) is 13.3. The van der Waals surface area contributed by atoms with Gasteiger partial charge in [0.15, 0.2) is 0 Å². The van der Waals surface area contributed by atoms with Gasteiger partial charge in [-0.05, 0) is 39.6 Å². The third-order valence-corrected chi connectivity index (χ3v) is 3.50. The highest BCUT2D eigenvalue weighted by molar-refractivity contribution is 6.54. The van der Waals surface area contributed by atoms with Gasteiger partial charge in [0, 0.05) is 12.7 Å². The van der Waals surface area contributed by atoms with E-state index in [4.69, 9.17) is 9.31 Å². The van der Waals surface area contributed by atoms with Gasteiger partial charge in [-0.15, -0.1) is 0 Å². The van der Waals surface area contributed by atoms with E-state index in [9.17, 15) is 0 Å². The summed E-state index contributed by atoms with van der Waals surface area (Å²) < 4.78 is 12.0. The van der Waals surface area contributed by atoms with E-state index in [-0.39, 0.29) is 18.3 Å². The van der Waals surface area contributed by atoms with Gasteiger partial charge in [0.1, 0.15) is 0 Å². The van der Waals surface area contributed by atoms with Crippen molar-refractivity contribution in [2.24, 2.45) is 0 Å². The normalized spacial score (nSPS) is 22.9. The number of rotatable bonds is 5. The van der Waals surface area contributed by atoms with Crippen molar-refractivity contribution in [3.63, 3.8) is 0 Å². The van der Waals surface area contributed by atoms with Gasteiger partial charge in [0.25, 0.3) is 0 Å². The van der Waals surface area contributed by atoms with Gasteiger partial charge in [0.05, 0.1) is 11.2 Å². The van der Waals surface area contributed by atoms with Gasteiger partial charge in [-0.1, -0.05) is 13.8 Å². The first-order valence-electron chi connectivity index (χ1n) is 6.37. The zero-order valence-corrected chi connectivity index (χ0v) is 11.9. The zero-order valence-electron chi connectivity index (χ0n) is 11.9. The van der Waals surface area contributed by atoms with Crippen LogP contribution >= 0.6 is 0 Å². The average molecular weight is 240 g/mol. The third kappa shape index (κ3) is 3.24. The molecule has 0 aliphatic carbocycles. The Labute approximate surface area is 105 Å². The van der Waals surface area contributed by atoms with Crippen molar-refractivity contribution in [2.45, 2.75) is 59.2 Å². The molecule has 1 aliphatic heterocycles. The summed E-state index contributed by atoms with van der Waals surface area (Å²) in [4.78, 5) is 0. The largest absolute Gasteiger partial charge is 0.492 e. The Bertz CT molecular complexity index is 274. The maximum atomic E-state index is 5.99. The van der Waals surface area contributed by atoms with Gasteiger partial charge < -0.3 is 14.7 Å². The van der Waals surface area contributed by atoms with Crippen LogP contribution in [-0.4, -0.2) is 24.9 Å². The topological polar surface area (TPSA) is 42.5 Å². The van der Waals surface area contributed by atoms with Crippen molar-refractivity contribution >= 4 is 7.12 Å². The Morgan fingerprint density at radius 2 is 1.65 bits per heavy atom. The van der Waals surface area contributed by atoms with Crippen LogP contribution in [0, 0.1) is 0 Å². The number of allylic oxidation sites excluding steroid dienone is 1. The minimum absolute atomic E-state index is 0.254. The van der Waals surface area contributed by atoms with Gasteiger partial charge >= 0.3 is 7.12 Å². The van der Waals surface area contributed by atoms with E-state index in [1.165, 1.54) is 0 Å². The number of nitrogens with one attached hydrogen (secondary N) is 2. The van der Waals surface area contributed by atoms with E-state index in [2.05, 4.69) is 45.5 Å². The molecule has 2 N–H and O–H groups in total. The Morgan fingerprint density at radius 1 is 1.12 bits per heavy atom. The summed E-state index contributed by atoms with van der Waals surface area (Å²) in [6, 6.07) is 0. The average Bonchev–Trinajstić information content (AvgIpc) is 2.43. The summed E-state index contributed by atoms with van der Waals surface area (Å²) in [5.41, 5.74) is 6.65. The number of hydrogen-bond donors (Lipinski definition) is 2. The molecule has 0 atom stereocenters. The van der Waals surface area contributed by atoms with E-state index >= 15 is 0 Å². The molecule has 1 saturated heterocycles. The minimum Gasteiger partial charge on any atom is -0.400 e. The molecule has 0 aromatic heterocycles. The molecule has 17 heavy (non-hydrogen) atoms. The lowest BCUT2D eigenvalue weighted by atomic mass is 9.77. The predicted molar refractivity (Wildman–Crippen MR) is 71.3 cm³/mol. The van der Waals surface area contributed by atoms with Crippen LogP contribution in [0.2, 0.25) is 0 Å². The molecule has 1 heterocycles. The second kappa shape index (κ2) is 5.42. The quantitative estimate of drug-likeness (QED) is 0.438. The lowest BCUT2D eigenvalue weighted by Crippen LogP contribution is -2.41. The Morgan fingerprint density at radius 3 is 2.06 bits per heavy atom. The molecule has 4 nitrogen and oxygen atoms in total. The lowest BCUT2D eigenvalue weighted by molar-refractivity contribution is 0.00578. The van der Waals surface area contributed by atoms with Crippen LogP contribution in [0.3, 0.4) is 0 Å². The van der Waals surface area contributed by atoms with Crippen molar-refractivity contribution in [2.75, 3.05) is 6.54 Å². The smallest absolute Gasteiger partial charge is 0.400 e. The van der Waals surface area contributed by atoms with E-state index in [0.717, 1.165) is 18.4 Å². The molecule has 1 rings (SSSR count). The molecule has 0 aromatic carbocycles. The summed E-state index contributed by atoms with van der Waals surface area (Å²) in [6.07, 6.45) is 2.83. The molecule has 1 aliphatic rings. The van der Waals surface area contributed by atoms with Crippen LogP contribution in [0.1, 0.15) is 48.0 Å². The molecule has 0 amide bonds. The fraction of sp³-hybridized carbons (Fsp3) is 0.833. The van der Waals surface area contributed by atoms with Crippen molar-refractivity contribution in [3.8, 4) is 0 Å². The van der Waals surface area contributed by atoms with Crippen LogP contribution in [0.15, 0.2) is 11.7 Å². The van der Waals surface area contributed by atoms with Gasteiger partial charge in [-0.25, -0.2) is 5.43 Å². The first kappa shape index (κ1) is 14.5. The summed E-state index contributed by atoms with van der Waals surface area (Å²) in [5.74, 6) is 0. The van der Waals surface area contributed by atoms with Gasteiger partial charge in [-0.3, -0.25) is 0 Å². The van der Waals surface area contributed by atoms with E-state index in [0.29, 0.717) is 0 Å². The monoisotopic (exact) mass is 240 g/mol. The summed E-state index contributed by atoms with van der Waals surface area (Å²) >= 11 is 0. The van der Waals surface area contributed by atoms with Crippen molar-refractivity contribution < 1.29 is 9.31 Å². The lowest BCUT2D eigenvalue weighted by Gasteiger charge is -2.32. The second-order valence-electron chi connectivity index (χ2n) is 5.34. The van der Waals surface area contributed by atoms with Crippen LogP contribution in [0.4, 0.5) is 0 Å². The van der Waals surface area contributed by atoms with Crippen molar-refractivity contribution in [1.82, 2.24) is 10.9 Å². The van der Waals surface area contributed by atoms with Crippen molar-refractivity contribution in [3.05, 3.63) is 11.7 Å². The van der Waals surface area contributed by atoms with E-state index < -0.39 is 0 Å². The predicted octanol–water partition coefficient (Wildman–Crippen LogP) is 2.03. The number of hydrazine groups is 1. The molecule has 0 radical (unpaired) electrons. The minimum atomic E-state index is -0.274. The second-order valence-corrected chi connectivity index (χ2v) is 5.34. The summed E-state index contributed by atoms with van der Waals surface area (Å²) in [5, 5.41) is 0. The Kier molecular flexibility index (Phi) is 4.64. The Hall–Kier alpha value is -0.515. The summed E-state index contributed by atoms with van der Waals surface area (Å²) in [7, 11) is -0.254. The molecule has 0 unspecified atom stereocenters. The molecular formula is C12H25BN2O2. The molecule has 0 bridgehead atoms. The molecule has 0 aromatic rings. The van der Waals surface area contributed by atoms with E-state index in [1.807, 2.05) is 13.1 Å². The molecule has 0 saturated carbocycles. The SMILES string of the molecule is CCNN/C=C(\CC)B1OC(C)(C)C(C)(C)O1. The maximum absolute atomic E-state index is 5.99. The maximum Gasteiger partial charge on any atom is 0.492 e. The standard InChI is InChI=1S/C12H25BN2O2/c1-7-10(9-15-14-8-2)13-16-11(3,4)12(5,6)17-13/h9,14-15H,7-8H2,1-6H3/b10-9+. The Balaban J connectivity index is 2.70. The first-order valence-corrected chi connectivity index (χ1v) is 6.37. The van der Waals surface area contributed by atoms with Crippen molar-refractivity contribution in [1.29, 1.82) is 0 Å².